The first-order valence-corrected chi connectivity index (χ1v) is 13.5. The van der Waals surface area contributed by atoms with Crippen LogP contribution in [0.5, 0.6) is 5.75 Å². The minimum absolute atomic E-state index is 0.0953. The highest BCUT2D eigenvalue weighted by atomic mass is 35.5. The molecule has 8 nitrogen and oxygen atoms in total. The number of halogens is 1. The van der Waals surface area contributed by atoms with E-state index >= 15 is 0 Å². The summed E-state index contributed by atoms with van der Waals surface area (Å²) >= 11 is 6.59. The number of furan rings is 2. The Balaban J connectivity index is 1.19. The lowest BCUT2D eigenvalue weighted by Crippen LogP contribution is -2.30. The van der Waals surface area contributed by atoms with Gasteiger partial charge in [-0.05, 0) is 66.4 Å². The summed E-state index contributed by atoms with van der Waals surface area (Å²) in [5.41, 5.74) is 9.53. The number of carbonyl (C=O) groups is 2. The number of amides is 2. The van der Waals surface area contributed by atoms with Crippen LogP contribution in [0.1, 0.15) is 39.5 Å². The number of hydrogen-bond donors (Lipinski definition) is 3. The molecule has 41 heavy (non-hydrogen) atoms. The minimum Gasteiger partial charge on any atom is -0.507 e. The summed E-state index contributed by atoms with van der Waals surface area (Å²) in [5, 5.41) is 16.3. The van der Waals surface area contributed by atoms with Crippen LogP contribution < -0.4 is 16.0 Å². The van der Waals surface area contributed by atoms with Gasteiger partial charge < -0.3 is 29.9 Å². The molecule has 0 radical (unpaired) electrons. The molecule has 7 rings (SSSR count). The van der Waals surface area contributed by atoms with E-state index in [1.807, 2.05) is 31.2 Å². The number of aromatic hydroxyl groups is 1. The topological polar surface area (TPSA) is 122 Å². The molecule has 4 aromatic carbocycles. The largest absolute Gasteiger partial charge is 0.507 e. The average Bonchev–Trinajstić information content (AvgIpc) is 3.67. The molecule has 1 aliphatic rings. The number of phenols is 1. The van der Waals surface area contributed by atoms with Crippen LogP contribution in [-0.2, 0) is 0 Å². The van der Waals surface area contributed by atoms with Crippen LogP contribution in [0.2, 0.25) is 0 Å². The van der Waals surface area contributed by atoms with Gasteiger partial charge in [-0.15, -0.1) is 11.6 Å². The fourth-order valence-corrected chi connectivity index (χ4v) is 5.86. The Morgan fingerprint density at radius 3 is 2.41 bits per heavy atom. The third kappa shape index (κ3) is 4.15. The summed E-state index contributed by atoms with van der Waals surface area (Å²) in [5.74, 6) is -0.495. The fourth-order valence-electron chi connectivity index (χ4n) is 5.66. The molecule has 1 aliphatic heterocycles. The zero-order valence-electron chi connectivity index (χ0n) is 21.9. The molecule has 0 fully saturated rings. The van der Waals surface area contributed by atoms with Crippen molar-refractivity contribution in [2.24, 2.45) is 0 Å². The summed E-state index contributed by atoms with van der Waals surface area (Å²) in [7, 11) is 0. The number of benzene rings is 4. The Morgan fingerprint density at radius 1 is 0.951 bits per heavy atom. The molecular weight excluding hydrogens is 542 g/mol. The number of nitrogen functional groups attached to an aromatic ring is 1. The van der Waals surface area contributed by atoms with Crippen LogP contribution in [0.3, 0.4) is 0 Å². The van der Waals surface area contributed by atoms with Crippen molar-refractivity contribution >= 4 is 73.2 Å². The number of anilines is 3. The number of alkyl halides is 1. The highest BCUT2D eigenvalue weighted by Gasteiger charge is 2.38. The molecule has 0 bridgehead atoms. The first-order valence-electron chi connectivity index (χ1n) is 13.1. The SMILES string of the molecule is CC(Cl)[C@@H]1CN(C(=O)c2cc3cc(NC(=O)c4cc5cc(N)ccc5o4)ccc3o2)c2cc(O)c3ccccc3c21. The maximum Gasteiger partial charge on any atom is 0.294 e. The number of nitrogens with two attached hydrogens (primary N) is 1. The van der Waals surface area contributed by atoms with Crippen molar-refractivity contribution in [2.75, 3.05) is 22.5 Å². The van der Waals surface area contributed by atoms with Gasteiger partial charge in [-0.25, -0.2) is 0 Å². The molecular formula is C32H24ClN3O5. The Hall–Kier alpha value is -4.95. The van der Waals surface area contributed by atoms with E-state index in [1.54, 1.807) is 59.5 Å². The molecule has 2 aromatic heterocycles. The fraction of sp³-hybridized carbons (Fsp3) is 0.125. The molecule has 2 atom stereocenters. The van der Waals surface area contributed by atoms with Gasteiger partial charge in [0, 0.05) is 51.4 Å². The highest BCUT2D eigenvalue weighted by Crippen LogP contribution is 2.47. The van der Waals surface area contributed by atoms with Crippen molar-refractivity contribution in [1.29, 1.82) is 0 Å². The predicted molar refractivity (Wildman–Crippen MR) is 160 cm³/mol. The van der Waals surface area contributed by atoms with Crippen molar-refractivity contribution in [1.82, 2.24) is 0 Å². The van der Waals surface area contributed by atoms with Crippen molar-refractivity contribution in [3.05, 3.63) is 95.9 Å². The van der Waals surface area contributed by atoms with E-state index in [2.05, 4.69) is 5.32 Å². The monoisotopic (exact) mass is 565 g/mol. The summed E-state index contributed by atoms with van der Waals surface area (Å²) in [6.45, 7) is 2.26. The molecule has 9 heteroatoms. The van der Waals surface area contributed by atoms with Crippen molar-refractivity contribution < 1.29 is 23.5 Å². The van der Waals surface area contributed by atoms with Crippen molar-refractivity contribution in [2.45, 2.75) is 18.2 Å². The predicted octanol–water partition coefficient (Wildman–Crippen LogP) is 7.24. The van der Waals surface area contributed by atoms with Gasteiger partial charge in [0.15, 0.2) is 11.5 Å². The van der Waals surface area contributed by atoms with Crippen LogP contribution >= 0.6 is 11.6 Å². The molecule has 4 N–H and O–H groups in total. The highest BCUT2D eigenvalue weighted by molar-refractivity contribution is 6.22. The Kier molecular flexibility index (Phi) is 5.69. The number of nitrogens with one attached hydrogen (secondary N) is 1. The zero-order valence-corrected chi connectivity index (χ0v) is 22.6. The second-order valence-electron chi connectivity index (χ2n) is 10.3. The summed E-state index contributed by atoms with van der Waals surface area (Å²) in [6, 6.07) is 22.8. The van der Waals surface area contributed by atoms with Crippen molar-refractivity contribution in [3.8, 4) is 5.75 Å². The first-order chi connectivity index (χ1) is 19.8. The number of nitrogens with zero attached hydrogens (tertiary/aromatic N) is 1. The molecule has 0 aliphatic carbocycles. The molecule has 3 heterocycles. The number of rotatable bonds is 4. The van der Waals surface area contributed by atoms with Gasteiger partial charge in [0.25, 0.3) is 11.8 Å². The van der Waals surface area contributed by atoms with Gasteiger partial charge in [-0.3, -0.25) is 9.59 Å². The van der Waals surface area contributed by atoms with Crippen LogP contribution in [0.25, 0.3) is 32.7 Å². The lowest BCUT2D eigenvalue weighted by Gasteiger charge is -2.17. The molecule has 0 saturated carbocycles. The normalized spacial score (nSPS) is 15.5. The Morgan fingerprint density at radius 2 is 1.63 bits per heavy atom. The third-order valence-electron chi connectivity index (χ3n) is 7.63. The van der Waals surface area contributed by atoms with E-state index in [1.165, 1.54) is 0 Å². The van der Waals surface area contributed by atoms with Gasteiger partial charge in [-0.1, -0.05) is 24.3 Å². The Labute approximate surface area is 238 Å². The summed E-state index contributed by atoms with van der Waals surface area (Å²) < 4.78 is 11.6. The van der Waals surface area contributed by atoms with E-state index in [4.69, 9.17) is 26.2 Å². The molecule has 6 aromatic rings. The van der Waals surface area contributed by atoms with Gasteiger partial charge >= 0.3 is 0 Å². The molecule has 0 saturated heterocycles. The van der Waals surface area contributed by atoms with Gasteiger partial charge in [0.2, 0.25) is 0 Å². The smallest absolute Gasteiger partial charge is 0.294 e. The lowest BCUT2D eigenvalue weighted by atomic mass is 9.92. The summed E-state index contributed by atoms with van der Waals surface area (Å²) in [6.07, 6.45) is 0. The average molecular weight is 566 g/mol. The first kappa shape index (κ1) is 25.0. The second-order valence-corrected chi connectivity index (χ2v) is 11.0. The number of phenolic OH excluding ortho intramolecular Hbond substituents is 1. The lowest BCUT2D eigenvalue weighted by molar-refractivity contribution is 0.0962. The van der Waals surface area contributed by atoms with Crippen LogP contribution in [0.15, 0.2) is 87.7 Å². The van der Waals surface area contributed by atoms with Crippen LogP contribution in [0.4, 0.5) is 17.1 Å². The third-order valence-corrected chi connectivity index (χ3v) is 7.94. The quantitative estimate of drug-likeness (QED) is 0.153. The Bertz CT molecular complexity index is 2030. The standard InChI is InChI=1S/C32H24ClN3O5/c1-16(33)23-15-36(24-14-25(37)21-4-2-3-5-22(21)30(23)24)32(39)29-13-18-11-20(7-9-27(18)41-29)35-31(38)28-12-17-10-19(34)6-8-26(17)40-28/h2-14,16,23,37H,15,34H2,1H3,(H,35,38)/t16?,23-/m0/s1. The van der Waals surface area contributed by atoms with Crippen LogP contribution in [-0.4, -0.2) is 28.8 Å². The van der Waals surface area contributed by atoms with Crippen LogP contribution in [0, 0.1) is 0 Å². The van der Waals surface area contributed by atoms with E-state index in [0.717, 1.165) is 16.3 Å². The maximum absolute atomic E-state index is 13.8. The zero-order chi connectivity index (χ0) is 28.4. The molecule has 0 spiro atoms. The van der Waals surface area contributed by atoms with E-state index in [9.17, 15) is 14.7 Å². The van der Waals surface area contributed by atoms with E-state index < -0.39 is 5.91 Å². The van der Waals surface area contributed by atoms with E-state index in [-0.39, 0.29) is 34.5 Å². The number of hydrogen-bond acceptors (Lipinski definition) is 6. The number of fused-ring (bicyclic) bond motifs is 5. The van der Waals surface area contributed by atoms with Gasteiger partial charge in [-0.2, -0.15) is 0 Å². The molecule has 1 unspecified atom stereocenters. The van der Waals surface area contributed by atoms with Gasteiger partial charge in [0.05, 0.1) is 5.69 Å². The summed E-state index contributed by atoms with van der Waals surface area (Å²) in [4.78, 5) is 28.2. The van der Waals surface area contributed by atoms with E-state index in [0.29, 0.717) is 45.5 Å². The number of carbonyl (C=O) groups excluding carboxylic acids is 2. The minimum atomic E-state index is -0.416. The van der Waals surface area contributed by atoms with Crippen molar-refractivity contribution in [3.63, 3.8) is 0 Å². The van der Waals surface area contributed by atoms with Gasteiger partial charge in [0.1, 0.15) is 16.9 Å². The molecule has 204 valence electrons. The maximum atomic E-state index is 13.8. The molecule has 2 amide bonds. The second kappa shape index (κ2) is 9.31.